The molecule has 0 aromatic rings. The molecule has 0 spiro atoms. The van der Waals surface area contributed by atoms with E-state index >= 15 is 0 Å². The van der Waals surface area contributed by atoms with E-state index in [0.29, 0.717) is 13.1 Å². The Kier molecular flexibility index (Phi) is 5.71. The Morgan fingerprint density at radius 1 is 1.71 bits per heavy atom. The van der Waals surface area contributed by atoms with Crippen LogP contribution in [0, 0.1) is 0 Å². The number of nitrogens with one attached hydrogen (secondary N) is 1. The van der Waals surface area contributed by atoms with Gasteiger partial charge in [0, 0.05) is 6.54 Å². The van der Waals surface area contributed by atoms with Crippen molar-refractivity contribution in [2.45, 2.75) is 6.42 Å². The molecule has 0 aliphatic rings. The highest BCUT2D eigenvalue weighted by Gasteiger charge is 1.78. The lowest BCUT2D eigenvalue weighted by atomic mass is 10.4. The maximum Gasteiger partial charge on any atom is 0.0251 e. The molecule has 0 saturated heterocycles. The number of hydrogen-bond acceptors (Lipinski definition) is 4. The minimum atomic E-state index is 0.590. The summed E-state index contributed by atoms with van der Waals surface area (Å²) in [5.74, 6) is 0. The fourth-order valence-corrected chi connectivity index (χ4v) is 0.220. The highest BCUT2D eigenvalue weighted by Crippen LogP contribution is 1.65. The zero-order valence-corrected chi connectivity index (χ0v) is 4.05. The lowest BCUT2D eigenvalue weighted by molar-refractivity contribution is -0.291. The van der Waals surface area contributed by atoms with E-state index in [2.05, 4.69) is 10.5 Å². The fraction of sp³-hybridized carbons (Fsp3) is 1.00. The first-order chi connectivity index (χ1) is 3.41. The molecule has 0 aliphatic carbocycles. The Balaban J connectivity index is 2.45. The lowest BCUT2D eigenvalue weighted by Gasteiger charge is -1.93. The summed E-state index contributed by atoms with van der Waals surface area (Å²) in [6.45, 7) is 1.20. The Bertz CT molecular complexity index is 30.1. The number of rotatable bonds is 4. The smallest absolute Gasteiger partial charge is 0.0251 e. The molecule has 0 aromatic carbocycles. The predicted octanol–water partition coefficient (Wildman–Crippen LogP) is -0.671. The summed E-state index contributed by atoms with van der Waals surface area (Å²) in [5, 5.41) is 7.64. The molecule has 0 unspecified atom stereocenters. The molecule has 4 nitrogen and oxygen atoms in total. The van der Waals surface area contributed by atoms with Gasteiger partial charge in [0.15, 0.2) is 0 Å². The summed E-state index contributed by atoms with van der Waals surface area (Å²) >= 11 is 0. The van der Waals surface area contributed by atoms with Crippen LogP contribution in [0.25, 0.3) is 0 Å². The molecule has 0 radical (unpaired) electrons. The molecule has 4 heteroatoms. The van der Waals surface area contributed by atoms with E-state index in [1.807, 2.05) is 0 Å². The molecule has 7 heavy (non-hydrogen) atoms. The zero-order chi connectivity index (χ0) is 5.54. The summed E-state index contributed by atoms with van der Waals surface area (Å²) in [5.41, 5.74) is 7.32. The van der Waals surface area contributed by atoms with Gasteiger partial charge < -0.3 is 5.73 Å². The second kappa shape index (κ2) is 5.84. The topological polar surface area (TPSA) is 67.5 Å². The van der Waals surface area contributed by atoms with E-state index in [1.54, 1.807) is 0 Å². The third-order valence-electron chi connectivity index (χ3n) is 0.548. The van der Waals surface area contributed by atoms with Gasteiger partial charge in [0.25, 0.3) is 0 Å². The van der Waals surface area contributed by atoms with Crippen LogP contribution >= 0.6 is 0 Å². The van der Waals surface area contributed by atoms with Gasteiger partial charge in [-0.15, -0.1) is 4.99 Å². The van der Waals surface area contributed by atoms with Crippen LogP contribution in [-0.2, 0) is 4.99 Å². The van der Waals surface area contributed by atoms with Crippen LogP contribution in [0.4, 0.5) is 0 Å². The quantitative estimate of drug-likeness (QED) is 0.252. The van der Waals surface area contributed by atoms with E-state index in [9.17, 15) is 0 Å². The van der Waals surface area contributed by atoms with Gasteiger partial charge in [-0.3, -0.25) is 0 Å². The molecular formula is C3H10N2O2. The van der Waals surface area contributed by atoms with Crippen molar-refractivity contribution < 1.29 is 10.2 Å². The van der Waals surface area contributed by atoms with Gasteiger partial charge in [-0.05, 0) is 13.0 Å². The van der Waals surface area contributed by atoms with Crippen LogP contribution < -0.4 is 11.2 Å². The molecule has 0 aliphatic heterocycles. The molecule has 4 N–H and O–H groups in total. The normalized spacial score (nSPS) is 9.43. The molecule has 0 fully saturated rings. The van der Waals surface area contributed by atoms with Crippen LogP contribution in [0.2, 0.25) is 0 Å². The van der Waals surface area contributed by atoms with Gasteiger partial charge >= 0.3 is 0 Å². The monoisotopic (exact) mass is 106 g/mol. The molecule has 0 bridgehead atoms. The first kappa shape index (κ1) is 6.84. The van der Waals surface area contributed by atoms with Crippen LogP contribution in [-0.4, -0.2) is 18.3 Å². The third-order valence-corrected chi connectivity index (χ3v) is 0.548. The molecular weight excluding hydrogens is 96.0 g/mol. The van der Waals surface area contributed by atoms with Crippen molar-refractivity contribution in [3.05, 3.63) is 0 Å². The summed E-state index contributed by atoms with van der Waals surface area (Å²) in [6.07, 6.45) is 0.806. The van der Waals surface area contributed by atoms with Crippen LogP contribution in [0.1, 0.15) is 6.42 Å². The second-order valence-corrected chi connectivity index (χ2v) is 1.13. The maximum atomic E-state index is 7.64. The molecule has 0 amide bonds. The highest BCUT2D eigenvalue weighted by atomic mass is 17.2. The fourth-order valence-electron chi connectivity index (χ4n) is 0.220. The van der Waals surface area contributed by atoms with E-state index in [-0.39, 0.29) is 0 Å². The molecule has 0 heterocycles. The van der Waals surface area contributed by atoms with E-state index in [1.165, 1.54) is 0 Å². The van der Waals surface area contributed by atoms with Crippen molar-refractivity contribution in [1.29, 1.82) is 0 Å². The molecule has 0 saturated carbocycles. The van der Waals surface area contributed by atoms with Crippen LogP contribution in [0.5, 0.6) is 0 Å². The Labute approximate surface area is 42.2 Å². The predicted molar refractivity (Wildman–Crippen MR) is 25.4 cm³/mol. The Morgan fingerprint density at radius 2 is 2.43 bits per heavy atom. The largest absolute Gasteiger partial charge is 0.330 e. The minimum absolute atomic E-state index is 0.590. The summed E-state index contributed by atoms with van der Waals surface area (Å²) < 4.78 is 0. The summed E-state index contributed by atoms with van der Waals surface area (Å²) in [4.78, 5) is 3.54. The SMILES string of the molecule is NCCCNOO. The number of hydrogen-bond donors (Lipinski definition) is 3. The first-order valence-electron chi connectivity index (χ1n) is 2.15. The third kappa shape index (κ3) is 5.84. The van der Waals surface area contributed by atoms with Gasteiger partial charge in [0.1, 0.15) is 0 Å². The Morgan fingerprint density at radius 3 is 2.86 bits per heavy atom. The molecule has 44 valence electrons. The molecule has 0 atom stereocenters. The van der Waals surface area contributed by atoms with Gasteiger partial charge in [-0.2, -0.15) is 5.48 Å². The first-order valence-corrected chi connectivity index (χ1v) is 2.15. The van der Waals surface area contributed by atoms with Crippen LogP contribution in [0.3, 0.4) is 0 Å². The average molecular weight is 106 g/mol. The van der Waals surface area contributed by atoms with Crippen LogP contribution in [0.15, 0.2) is 0 Å². The average Bonchev–Trinajstić information content (AvgIpc) is 1.69. The van der Waals surface area contributed by atoms with Crippen molar-refractivity contribution in [3.8, 4) is 0 Å². The van der Waals surface area contributed by atoms with Crippen molar-refractivity contribution in [1.82, 2.24) is 5.48 Å². The van der Waals surface area contributed by atoms with Gasteiger partial charge in [0.2, 0.25) is 0 Å². The van der Waals surface area contributed by atoms with E-state index in [4.69, 9.17) is 11.0 Å². The summed E-state index contributed by atoms with van der Waals surface area (Å²) in [6, 6.07) is 0. The standard InChI is InChI=1S/C3H10N2O2/c4-2-1-3-5-7-6/h5-6H,1-4H2. The highest BCUT2D eigenvalue weighted by molar-refractivity contribution is 4.35. The summed E-state index contributed by atoms with van der Waals surface area (Å²) in [7, 11) is 0. The minimum Gasteiger partial charge on any atom is -0.330 e. The number of nitrogens with two attached hydrogens (primary N) is 1. The Hall–Kier alpha value is -0.160. The van der Waals surface area contributed by atoms with Crippen molar-refractivity contribution in [2.24, 2.45) is 5.73 Å². The molecule has 0 rings (SSSR count). The van der Waals surface area contributed by atoms with E-state index < -0.39 is 0 Å². The van der Waals surface area contributed by atoms with Gasteiger partial charge in [-0.1, -0.05) is 0 Å². The molecule has 0 aromatic heterocycles. The van der Waals surface area contributed by atoms with E-state index in [0.717, 1.165) is 6.42 Å². The maximum absolute atomic E-state index is 7.64. The van der Waals surface area contributed by atoms with Crippen molar-refractivity contribution >= 4 is 0 Å². The van der Waals surface area contributed by atoms with Gasteiger partial charge in [0.05, 0.1) is 0 Å². The van der Waals surface area contributed by atoms with Crippen molar-refractivity contribution in [2.75, 3.05) is 13.1 Å². The number of hydroxylamine groups is 1. The zero-order valence-electron chi connectivity index (χ0n) is 4.05. The lowest BCUT2D eigenvalue weighted by Crippen LogP contribution is -2.16. The van der Waals surface area contributed by atoms with Gasteiger partial charge in [-0.25, -0.2) is 5.26 Å². The second-order valence-electron chi connectivity index (χ2n) is 1.13. The van der Waals surface area contributed by atoms with Crippen molar-refractivity contribution in [3.63, 3.8) is 0 Å².